The van der Waals surface area contributed by atoms with Gasteiger partial charge in [-0.2, -0.15) is 21.0 Å². The first-order valence-corrected chi connectivity index (χ1v) is 16.3. The van der Waals surface area contributed by atoms with Crippen molar-refractivity contribution in [3.8, 4) is 0 Å². The van der Waals surface area contributed by atoms with Crippen LogP contribution in [-0.4, -0.2) is 33.0 Å². The van der Waals surface area contributed by atoms with Crippen LogP contribution in [0.25, 0.3) is 0 Å². The molecule has 0 unspecified atom stereocenters. The highest BCUT2D eigenvalue weighted by atomic mass is 31.3. The standard InChI is InChI=1S/C10H25F5N5O5P5/c1-6-21-26(11)16-27(12,22-7-2)18-29(14,24-9-4)20-30(15,25-10-5)19-28(13,17-26)23-8-3/h6-10H2,1-5H3. The zero-order chi connectivity index (χ0) is 23.1. The summed E-state index contributed by atoms with van der Waals surface area (Å²) in [4.78, 5) is 0. The van der Waals surface area contributed by atoms with Crippen molar-refractivity contribution in [1.29, 1.82) is 0 Å². The molecule has 0 fully saturated rings. The fourth-order valence-corrected chi connectivity index (χ4v) is 13.3. The van der Waals surface area contributed by atoms with E-state index in [0.717, 1.165) is 0 Å². The zero-order valence-electron chi connectivity index (χ0n) is 16.9. The average Bonchev–Trinajstić information content (AvgIpc) is 2.52. The van der Waals surface area contributed by atoms with E-state index in [9.17, 15) is 0 Å². The summed E-state index contributed by atoms with van der Waals surface area (Å²) in [6.45, 7) is 4.35. The molecule has 0 saturated heterocycles. The third kappa shape index (κ3) is 8.51. The molecule has 0 amide bonds. The molecule has 180 valence electrons. The van der Waals surface area contributed by atoms with Gasteiger partial charge in [0.1, 0.15) is 0 Å². The summed E-state index contributed by atoms with van der Waals surface area (Å²) >= 11 is 0. The molecular weight excluding hydrogens is 520 g/mol. The zero-order valence-corrected chi connectivity index (χ0v) is 21.4. The lowest BCUT2D eigenvalue weighted by atomic mass is 10.9. The van der Waals surface area contributed by atoms with E-state index in [1.165, 1.54) is 34.6 Å². The van der Waals surface area contributed by atoms with Gasteiger partial charge in [-0.05, 0) is 34.6 Å². The van der Waals surface area contributed by atoms with Crippen LogP contribution in [0.2, 0.25) is 0 Å². The lowest BCUT2D eigenvalue weighted by molar-refractivity contribution is 0.327. The fraction of sp³-hybridized carbons (Fsp3) is 1.00. The molecule has 0 N–H and O–H groups in total. The maximum atomic E-state index is 15.4. The summed E-state index contributed by atoms with van der Waals surface area (Å²) in [5, 5.41) is 0. The van der Waals surface area contributed by atoms with Gasteiger partial charge < -0.3 is 22.6 Å². The molecule has 20 heteroatoms. The first-order chi connectivity index (χ1) is 13.8. The first-order valence-electron chi connectivity index (χ1n) is 8.74. The normalized spacial score (nSPS) is 39.7. The highest BCUT2D eigenvalue weighted by Gasteiger charge is 2.41. The number of hydrogen-bond donors (Lipinski definition) is 0. The molecule has 1 aliphatic heterocycles. The van der Waals surface area contributed by atoms with Gasteiger partial charge in [0.25, 0.3) is 0 Å². The number of hydrogen-bond acceptors (Lipinski definition) is 10. The van der Waals surface area contributed by atoms with Crippen molar-refractivity contribution in [1.82, 2.24) is 0 Å². The van der Waals surface area contributed by atoms with Gasteiger partial charge in [-0.3, -0.25) is 0 Å². The molecule has 10 nitrogen and oxygen atoms in total. The Morgan fingerprint density at radius 2 is 0.533 bits per heavy atom. The summed E-state index contributed by atoms with van der Waals surface area (Å²) in [5.74, 6) is 0. The second-order valence-corrected chi connectivity index (χ2v) is 14.5. The first kappa shape index (κ1) is 28.6. The predicted molar refractivity (Wildman–Crippen MR) is 110 cm³/mol. The summed E-state index contributed by atoms with van der Waals surface area (Å²) in [7, 11) is -26.1. The predicted octanol–water partition coefficient (Wildman–Crippen LogP) is 9.76. The van der Waals surface area contributed by atoms with Gasteiger partial charge in [0, 0.05) is 0 Å². The largest absolute Gasteiger partial charge is 0.387 e. The molecule has 0 aliphatic carbocycles. The van der Waals surface area contributed by atoms with E-state index >= 15 is 21.0 Å². The number of nitrogens with zero attached hydrogens (tertiary/aromatic N) is 5. The van der Waals surface area contributed by atoms with E-state index in [4.69, 9.17) is 22.6 Å². The third-order valence-electron chi connectivity index (χ3n) is 2.57. The van der Waals surface area contributed by atoms with E-state index in [0.29, 0.717) is 0 Å². The highest BCUT2D eigenvalue weighted by Crippen LogP contribution is 2.82. The molecule has 0 atom stereocenters. The lowest BCUT2D eigenvalue weighted by Crippen LogP contribution is -1.92. The van der Waals surface area contributed by atoms with Crippen molar-refractivity contribution in [2.75, 3.05) is 33.0 Å². The Hall–Kier alpha value is 0.600. The maximum Gasteiger partial charge on any atom is 0.387 e. The molecule has 0 radical (unpaired) electrons. The minimum atomic E-state index is -5.22. The summed E-state index contributed by atoms with van der Waals surface area (Å²) in [6, 6.07) is 0. The van der Waals surface area contributed by atoms with Crippen LogP contribution in [0.15, 0.2) is 22.6 Å². The summed E-state index contributed by atoms with van der Waals surface area (Å²) < 4.78 is 116. The van der Waals surface area contributed by atoms with Gasteiger partial charge in [-0.1, -0.05) is 0 Å². The van der Waals surface area contributed by atoms with Crippen molar-refractivity contribution in [3.63, 3.8) is 0 Å². The van der Waals surface area contributed by atoms with Crippen molar-refractivity contribution in [2.45, 2.75) is 34.6 Å². The second kappa shape index (κ2) is 11.6. The van der Waals surface area contributed by atoms with Gasteiger partial charge in [0.05, 0.1) is 33.0 Å². The fourth-order valence-electron chi connectivity index (χ4n) is 1.85. The van der Waals surface area contributed by atoms with E-state index in [2.05, 4.69) is 22.6 Å². The van der Waals surface area contributed by atoms with Crippen LogP contribution in [-0.2, 0) is 22.6 Å². The quantitative estimate of drug-likeness (QED) is 0.201. The SMILES string of the molecule is CCOP1(F)=NP(F)(OCC)=NP(F)(OCC)=NP(F)(OCC)=NP(F)(OCC)=N1. The van der Waals surface area contributed by atoms with Crippen LogP contribution >= 0.6 is 38.7 Å². The topological polar surface area (TPSA) is 108 Å². The van der Waals surface area contributed by atoms with Gasteiger partial charge in [-0.25, -0.2) is 0 Å². The Kier molecular flexibility index (Phi) is 11.1. The second-order valence-electron chi connectivity index (χ2n) is 4.90. The Bertz CT molecular complexity index is 696. The molecule has 0 saturated carbocycles. The minimum absolute atomic E-state index is 0.428. The summed E-state index contributed by atoms with van der Waals surface area (Å²) in [6.07, 6.45) is 0. The van der Waals surface area contributed by atoms with Crippen molar-refractivity contribution in [3.05, 3.63) is 0 Å². The Morgan fingerprint density at radius 3 is 0.633 bits per heavy atom. The van der Waals surface area contributed by atoms with Crippen LogP contribution in [0.3, 0.4) is 0 Å². The van der Waals surface area contributed by atoms with Crippen LogP contribution in [0.1, 0.15) is 34.6 Å². The minimum Gasteiger partial charge on any atom is -0.303 e. The molecule has 1 aliphatic rings. The van der Waals surface area contributed by atoms with E-state index in [1.54, 1.807) is 0 Å². The van der Waals surface area contributed by atoms with Gasteiger partial charge in [0.2, 0.25) is 0 Å². The molecular formula is C10H25F5N5O5P5. The number of rotatable bonds is 10. The molecule has 0 bridgehead atoms. The van der Waals surface area contributed by atoms with Crippen LogP contribution < -0.4 is 0 Å². The van der Waals surface area contributed by atoms with E-state index < -0.39 is 71.7 Å². The van der Waals surface area contributed by atoms with Gasteiger partial charge in [-0.15, -0.1) is 22.6 Å². The van der Waals surface area contributed by atoms with Crippen LogP contribution in [0.5, 0.6) is 0 Å². The Morgan fingerprint density at radius 1 is 0.400 bits per heavy atom. The molecule has 30 heavy (non-hydrogen) atoms. The molecule has 0 spiro atoms. The molecule has 0 aromatic heterocycles. The van der Waals surface area contributed by atoms with E-state index in [1.807, 2.05) is 0 Å². The smallest absolute Gasteiger partial charge is 0.303 e. The third-order valence-corrected chi connectivity index (χ3v) is 14.3. The summed E-state index contributed by atoms with van der Waals surface area (Å²) in [5.41, 5.74) is 0. The van der Waals surface area contributed by atoms with E-state index in [-0.39, 0.29) is 0 Å². The molecule has 0 aromatic rings. The molecule has 1 rings (SSSR count). The molecule has 0 aromatic carbocycles. The Balaban J connectivity index is 4.22. The van der Waals surface area contributed by atoms with Crippen molar-refractivity contribution < 1.29 is 43.6 Å². The lowest BCUT2D eigenvalue weighted by Gasteiger charge is -2.22. The van der Waals surface area contributed by atoms with Crippen molar-refractivity contribution >= 4 is 38.7 Å². The maximum absolute atomic E-state index is 15.4. The monoisotopic (exact) mass is 545 g/mol. The number of halogens is 5. The van der Waals surface area contributed by atoms with Crippen molar-refractivity contribution in [2.24, 2.45) is 22.6 Å². The average molecular weight is 545 g/mol. The van der Waals surface area contributed by atoms with Crippen LogP contribution in [0, 0.1) is 0 Å². The van der Waals surface area contributed by atoms with Gasteiger partial charge >= 0.3 is 38.7 Å². The van der Waals surface area contributed by atoms with Gasteiger partial charge in [0.15, 0.2) is 0 Å². The Labute approximate surface area is 173 Å². The van der Waals surface area contributed by atoms with Crippen LogP contribution in [0.4, 0.5) is 21.0 Å². The highest BCUT2D eigenvalue weighted by molar-refractivity contribution is 7.78. The molecule has 1 heterocycles.